The zero-order valence-electron chi connectivity index (χ0n) is 10.7. The molecule has 0 saturated carbocycles. The quantitative estimate of drug-likeness (QED) is 0.846. The molecule has 0 bridgehead atoms. The van der Waals surface area contributed by atoms with Gasteiger partial charge in [-0.15, -0.1) is 0 Å². The molecule has 1 N–H and O–H groups in total. The predicted octanol–water partition coefficient (Wildman–Crippen LogP) is 2.08. The minimum Gasteiger partial charge on any atom is -0.309 e. The molecule has 17 heavy (non-hydrogen) atoms. The van der Waals surface area contributed by atoms with Gasteiger partial charge in [-0.2, -0.15) is 0 Å². The first-order valence-electron chi connectivity index (χ1n) is 5.90. The summed E-state index contributed by atoms with van der Waals surface area (Å²) in [4.78, 5) is 0. The molecule has 4 heteroatoms. The summed E-state index contributed by atoms with van der Waals surface area (Å²) in [6.45, 7) is 4.92. The van der Waals surface area contributed by atoms with E-state index in [2.05, 4.69) is 12.2 Å². The summed E-state index contributed by atoms with van der Waals surface area (Å²) in [5.41, 5.74) is 2.22. The van der Waals surface area contributed by atoms with Crippen molar-refractivity contribution in [3.8, 4) is 0 Å². The molecule has 1 aromatic carbocycles. The van der Waals surface area contributed by atoms with E-state index in [9.17, 15) is 8.42 Å². The summed E-state index contributed by atoms with van der Waals surface area (Å²) < 4.78 is 22.8. The fourth-order valence-corrected chi connectivity index (χ4v) is 2.61. The lowest BCUT2D eigenvalue weighted by molar-refractivity contribution is 0.549. The number of rotatable bonds is 6. The lowest BCUT2D eigenvalue weighted by Crippen LogP contribution is -2.28. The monoisotopic (exact) mass is 255 g/mol. The van der Waals surface area contributed by atoms with Crippen molar-refractivity contribution < 1.29 is 8.42 Å². The van der Waals surface area contributed by atoms with E-state index in [-0.39, 0.29) is 11.8 Å². The van der Waals surface area contributed by atoms with Gasteiger partial charge < -0.3 is 5.32 Å². The normalized spacial score (nSPS) is 13.6. The van der Waals surface area contributed by atoms with E-state index in [1.54, 1.807) is 0 Å². The lowest BCUT2D eigenvalue weighted by Gasteiger charge is -2.18. The van der Waals surface area contributed by atoms with Crippen LogP contribution < -0.4 is 5.32 Å². The fraction of sp³-hybridized carbons (Fsp3) is 0.538. The van der Waals surface area contributed by atoms with E-state index in [0.717, 1.165) is 18.5 Å². The summed E-state index contributed by atoms with van der Waals surface area (Å²) >= 11 is 0. The number of sulfone groups is 1. The Hall–Kier alpha value is -0.870. The van der Waals surface area contributed by atoms with Gasteiger partial charge in [0.1, 0.15) is 9.84 Å². The zero-order chi connectivity index (χ0) is 12.9. The standard InChI is InChI=1S/C13H21NO2S/c1-4-9-14-13(10-17(3,15)16)12-7-5-11(2)6-8-12/h5-8,13-14H,4,9-10H2,1-3H3. The molecule has 1 unspecified atom stereocenters. The Morgan fingerprint density at radius 3 is 2.29 bits per heavy atom. The van der Waals surface area contributed by atoms with E-state index >= 15 is 0 Å². The van der Waals surface area contributed by atoms with E-state index in [1.807, 2.05) is 31.2 Å². The van der Waals surface area contributed by atoms with Crippen LogP contribution in [0.4, 0.5) is 0 Å². The van der Waals surface area contributed by atoms with Crippen molar-refractivity contribution in [1.29, 1.82) is 0 Å². The van der Waals surface area contributed by atoms with E-state index < -0.39 is 9.84 Å². The molecule has 1 aromatic rings. The minimum absolute atomic E-state index is 0.106. The van der Waals surface area contributed by atoms with E-state index in [1.165, 1.54) is 11.8 Å². The molecule has 3 nitrogen and oxygen atoms in total. The average molecular weight is 255 g/mol. The zero-order valence-corrected chi connectivity index (χ0v) is 11.5. The topological polar surface area (TPSA) is 46.2 Å². The Labute approximate surface area is 104 Å². The molecule has 0 radical (unpaired) electrons. The molecule has 0 aliphatic carbocycles. The highest BCUT2D eigenvalue weighted by atomic mass is 32.2. The number of nitrogens with one attached hydrogen (secondary N) is 1. The Balaban J connectivity index is 2.85. The summed E-state index contributed by atoms with van der Waals surface area (Å²) in [6.07, 6.45) is 2.27. The van der Waals surface area contributed by atoms with E-state index in [0.29, 0.717) is 0 Å². The van der Waals surface area contributed by atoms with Crippen LogP contribution in [-0.2, 0) is 9.84 Å². The molecule has 0 aliphatic heterocycles. The van der Waals surface area contributed by atoms with Gasteiger partial charge in [0.15, 0.2) is 0 Å². The maximum Gasteiger partial charge on any atom is 0.149 e. The molecule has 0 saturated heterocycles. The molecule has 1 atom stereocenters. The molecule has 0 heterocycles. The van der Waals surface area contributed by atoms with E-state index in [4.69, 9.17) is 0 Å². The molecule has 1 rings (SSSR count). The van der Waals surface area contributed by atoms with Crippen LogP contribution in [-0.4, -0.2) is 27.0 Å². The highest BCUT2D eigenvalue weighted by Crippen LogP contribution is 2.15. The van der Waals surface area contributed by atoms with Gasteiger partial charge in [-0.1, -0.05) is 36.8 Å². The number of hydrogen-bond acceptors (Lipinski definition) is 3. The lowest BCUT2D eigenvalue weighted by atomic mass is 10.1. The Kier molecular flexibility index (Phi) is 5.15. The predicted molar refractivity (Wildman–Crippen MR) is 71.9 cm³/mol. The van der Waals surface area contributed by atoms with Crippen LogP contribution in [0.3, 0.4) is 0 Å². The van der Waals surface area contributed by atoms with Crippen LogP contribution >= 0.6 is 0 Å². The van der Waals surface area contributed by atoms with Gasteiger partial charge in [0.05, 0.1) is 5.75 Å². The number of hydrogen-bond donors (Lipinski definition) is 1. The fourth-order valence-electron chi connectivity index (χ4n) is 1.69. The Bertz CT molecular complexity index is 437. The number of aryl methyl sites for hydroxylation is 1. The molecule has 0 amide bonds. The van der Waals surface area contributed by atoms with Crippen LogP contribution in [0.1, 0.15) is 30.5 Å². The van der Waals surface area contributed by atoms with Crippen molar-refractivity contribution in [3.05, 3.63) is 35.4 Å². The van der Waals surface area contributed by atoms with Gasteiger partial charge in [-0.05, 0) is 25.5 Å². The smallest absolute Gasteiger partial charge is 0.149 e. The van der Waals surface area contributed by atoms with Gasteiger partial charge in [0.25, 0.3) is 0 Å². The van der Waals surface area contributed by atoms with Gasteiger partial charge in [-0.3, -0.25) is 0 Å². The van der Waals surface area contributed by atoms with Crippen molar-refractivity contribution in [2.45, 2.75) is 26.3 Å². The maximum absolute atomic E-state index is 11.4. The second-order valence-corrected chi connectivity index (χ2v) is 6.69. The van der Waals surface area contributed by atoms with Crippen LogP contribution in [0.15, 0.2) is 24.3 Å². The van der Waals surface area contributed by atoms with Crippen molar-refractivity contribution in [2.75, 3.05) is 18.6 Å². The molecule has 0 aromatic heterocycles. The van der Waals surface area contributed by atoms with Crippen LogP contribution in [0, 0.1) is 6.92 Å². The third kappa shape index (κ3) is 5.33. The SMILES string of the molecule is CCCNC(CS(C)(=O)=O)c1ccc(C)cc1. The largest absolute Gasteiger partial charge is 0.309 e. The summed E-state index contributed by atoms with van der Waals surface area (Å²) in [6, 6.07) is 7.91. The Morgan fingerprint density at radius 1 is 1.24 bits per heavy atom. The van der Waals surface area contributed by atoms with Gasteiger partial charge in [0.2, 0.25) is 0 Å². The van der Waals surface area contributed by atoms with Crippen LogP contribution in [0.2, 0.25) is 0 Å². The first-order chi connectivity index (χ1) is 7.92. The molecule has 0 spiro atoms. The second-order valence-electron chi connectivity index (χ2n) is 4.51. The summed E-state index contributed by atoms with van der Waals surface area (Å²) in [7, 11) is -2.97. The molecule has 0 fully saturated rings. The van der Waals surface area contributed by atoms with Gasteiger partial charge in [0, 0.05) is 12.3 Å². The van der Waals surface area contributed by atoms with Crippen LogP contribution in [0.25, 0.3) is 0 Å². The first kappa shape index (κ1) is 14.2. The third-order valence-corrected chi connectivity index (χ3v) is 3.53. The summed E-state index contributed by atoms with van der Waals surface area (Å²) in [5.74, 6) is 0.149. The number of benzene rings is 1. The van der Waals surface area contributed by atoms with Crippen molar-refractivity contribution in [3.63, 3.8) is 0 Å². The highest BCUT2D eigenvalue weighted by molar-refractivity contribution is 7.90. The minimum atomic E-state index is -2.97. The maximum atomic E-state index is 11.4. The molecular formula is C13H21NO2S. The third-order valence-electron chi connectivity index (χ3n) is 2.59. The van der Waals surface area contributed by atoms with Crippen molar-refractivity contribution in [2.24, 2.45) is 0 Å². The van der Waals surface area contributed by atoms with Crippen LogP contribution in [0.5, 0.6) is 0 Å². The molecule has 96 valence electrons. The molecule has 0 aliphatic rings. The highest BCUT2D eigenvalue weighted by Gasteiger charge is 2.16. The van der Waals surface area contributed by atoms with Crippen molar-refractivity contribution >= 4 is 9.84 Å². The van der Waals surface area contributed by atoms with Gasteiger partial charge in [-0.25, -0.2) is 8.42 Å². The summed E-state index contributed by atoms with van der Waals surface area (Å²) in [5, 5.41) is 3.28. The molecular weight excluding hydrogens is 234 g/mol. The first-order valence-corrected chi connectivity index (χ1v) is 7.96. The Morgan fingerprint density at radius 2 is 1.82 bits per heavy atom. The second kappa shape index (κ2) is 6.17. The average Bonchev–Trinajstić information content (AvgIpc) is 2.24. The van der Waals surface area contributed by atoms with Crippen molar-refractivity contribution in [1.82, 2.24) is 5.32 Å². The van der Waals surface area contributed by atoms with Gasteiger partial charge >= 0.3 is 0 Å².